The molecule has 0 saturated carbocycles. The molecule has 0 saturated heterocycles. The summed E-state index contributed by atoms with van der Waals surface area (Å²) in [4.78, 5) is 20.7. The number of rotatable bonds is 5. The zero-order valence-electron chi connectivity index (χ0n) is 7.40. The number of hydrogen-bond acceptors (Lipinski definition) is 3. The van der Waals surface area contributed by atoms with Crippen molar-refractivity contribution in [1.29, 1.82) is 0 Å². The molecule has 0 bridgehead atoms. The van der Waals surface area contributed by atoms with Crippen LogP contribution in [0.25, 0.3) is 0 Å². The Hall–Kier alpha value is -1.58. The highest BCUT2D eigenvalue weighted by atomic mass is 16.5. The molecule has 0 rings (SSSR count). The van der Waals surface area contributed by atoms with Crippen molar-refractivity contribution in [3.8, 4) is 0 Å². The zero-order valence-corrected chi connectivity index (χ0v) is 7.40. The number of carbonyl (C=O) groups excluding carboxylic acids is 1. The Balaban J connectivity index is 3.63. The largest absolute Gasteiger partial charge is 0.478 e. The molecular weight excluding hydrogens is 172 g/mol. The molecule has 1 N–H and O–H groups in total. The van der Waals surface area contributed by atoms with Crippen LogP contribution < -0.4 is 0 Å². The molecule has 13 heavy (non-hydrogen) atoms. The van der Waals surface area contributed by atoms with Gasteiger partial charge in [0, 0.05) is 12.2 Å². The third-order valence-electron chi connectivity index (χ3n) is 1.09. The van der Waals surface area contributed by atoms with Crippen molar-refractivity contribution in [2.75, 3.05) is 6.61 Å². The van der Waals surface area contributed by atoms with E-state index < -0.39 is 11.9 Å². The molecule has 0 fully saturated rings. The summed E-state index contributed by atoms with van der Waals surface area (Å²) in [7, 11) is 0. The van der Waals surface area contributed by atoms with E-state index in [4.69, 9.17) is 5.11 Å². The van der Waals surface area contributed by atoms with E-state index in [2.05, 4.69) is 4.74 Å². The van der Waals surface area contributed by atoms with Crippen LogP contribution in [0.4, 0.5) is 0 Å². The molecule has 0 aliphatic heterocycles. The van der Waals surface area contributed by atoms with Crippen molar-refractivity contribution in [3.63, 3.8) is 0 Å². The SMILES string of the molecule is CCC=CCOC(=O)/C=C/C(=O)O. The summed E-state index contributed by atoms with van der Waals surface area (Å²) in [5, 5.41) is 8.16. The maximum Gasteiger partial charge on any atom is 0.331 e. The lowest BCUT2D eigenvalue weighted by Crippen LogP contribution is -2.01. The van der Waals surface area contributed by atoms with Gasteiger partial charge in [-0.15, -0.1) is 0 Å². The van der Waals surface area contributed by atoms with Crippen LogP contribution in [0.2, 0.25) is 0 Å². The minimum atomic E-state index is -1.17. The van der Waals surface area contributed by atoms with E-state index in [0.29, 0.717) is 0 Å². The first-order valence-corrected chi connectivity index (χ1v) is 3.89. The molecule has 4 nitrogen and oxygen atoms in total. The van der Waals surface area contributed by atoms with E-state index in [0.717, 1.165) is 18.6 Å². The summed E-state index contributed by atoms with van der Waals surface area (Å²) in [6.07, 6.45) is 6.05. The average Bonchev–Trinajstić information content (AvgIpc) is 2.09. The van der Waals surface area contributed by atoms with Crippen LogP contribution in [0.1, 0.15) is 13.3 Å². The van der Waals surface area contributed by atoms with Gasteiger partial charge in [-0.1, -0.05) is 19.1 Å². The molecule has 0 spiro atoms. The second-order valence-electron chi connectivity index (χ2n) is 2.18. The van der Waals surface area contributed by atoms with Gasteiger partial charge in [0.25, 0.3) is 0 Å². The van der Waals surface area contributed by atoms with Gasteiger partial charge in [0.2, 0.25) is 0 Å². The number of ether oxygens (including phenoxy) is 1. The fourth-order valence-corrected chi connectivity index (χ4v) is 0.552. The molecule has 0 amide bonds. The summed E-state index contributed by atoms with van der Waals surface area (Å²) in [5.41, 5.74) is 0. The van der Waals surface area contributed by atoms with Gasteiger partial charge in [0.05, 0.1) is 0 Å². The normalized spacial score (nSPS) is 10.8. The minimum Gasteiger partial charge on any atom is -0.478 e. The third kappa shape index (κ3) is 8.33. The highest BCUT2D eigenvalue weighted by Gasteiger charge is 1.95. The number of carbonyl (C=O) groups is 2. The first kappa shape index (κ1) is 11.4. The molecular formula is C9H12O4. The number of carboxylic acids is 1. The topological polar surface area (TPSA) is 63.6 Å². The van der Waals surface area contributed by atoms with E-state index in [1.165, 1.54) is 0 Å². The number of esters is 1. The number of hydrogen-bond donors (Lipinski definition) is 1. The lowest BCUT2D eigenvalue weighted by atomic mass is 10.4. The first-order valence-electron chi connectivity index (χ1n) is 3.89. The summed E-state index contributed by atoms with van der Waals surface area (Å²) < 4.78 is 4.62. The Bertz CT molecular complexity index is 228. The second kappa shape index (κ2) is 7.09. The Morgan fingerprint density at radius 3 is 2.54 bits per heavy atom. The predicted molar refractivity (Wildman–Crippen MR) is 47.2 cm³/mol. The number of allylic oxidation sites excluding steroid dienone is 1. The molecule has 4 heteroatoms. The molecule has 0 aliphatic carbocycles. The molecule has 0 heterocycles. The average molecular weight is 184 g/mol. The van der Waals surface area contributed by atoms with E-state index in [1.807, 2.05) is 13.0 Å². The van der Waals surface area contributed by atoms with Crippen molar-refractivity contribution < 1.29 is 19.4 Å². The Morgan fingerprint density at radius 1 is 1.31 bits per heavy atom. The Morgan fingerprint density at radius 2 is 2.00 bits per heavy atom. The molecule has 0 radical (unpaired) electrons. The lowest BCUT2D eigenvalue weighted by Gasteiger charge is -1.94. The Labute approximate surface area is 76.5 Å². The van der Waals surface area contributed by atoms with E-state index in [-0.39, 0.29) is 6.61 Å². The van der Waals surface area contributed by atoms with Gasteiger partial charge in [0.15, 0.2) is 0 Å². The van der Waals surface area contributed by atoms with Gasteiger partial charge in [-0.05, 0) is 6.42 Å². The van der Waals surface area contributed by atoms with Crippen LogP contribution in [0.15, 0.2) is 24.3 Å². The summed E-state index contributed by atoms with van der Waals surface area (Å²) in [6.45, 7) is 2.14. The summed E-state index contributed by atoms with van der Waals surface area (Å²) in [6, 6.07) is 0. The molecule has 0 aromatic heterocycles. The van der Waals surface area contributed by atoms with E-state index in [1.54, 1.807) is 6.08 Å². The van der Waals surface area contributed by atoms with Crippen LogP contribution in [-0.4, -0.2) is 23.7 Å². The van der Waals surface area contributed by atoms with E-state index in [9.17, 15) is 9.59 Å². The second-order valence-corrected chi connectivity index (χ2v) is 2.18. The first-order chi connectivity index (χ1) is 6.16. The van der Waals surface area contributed by atoms with Crippen molar-refractivity contribution in [1.82, 2.24) is 0 Å². The highest BCUT2D eigenvalue weighted by molar-refractivity contribution is 5.90. The standard InChI is InChI=1S/C9H12O4/c1-2-3-4-7-13-9(12)6-5-8(10)11/h3-6H,2,7H2,1H3,(H,10,11)/b4-3?,6-5+. The number of aliphatic carboxylic acids is 1. The van der Waals surface area contributed by atoms with Gasteiger partial charge >= 0.3 is 11.9 Å². The third-order valence-corrected chi connectivity index (χ3v) is 1.09. The van der Waals surface area contributed by atoms with E-state index >= 15 is 0 Å². The highest BCUT2D eigenvalue weighted by Crippen LogP contribution is 1.85. The van der Waals surface area contributed by atoms with Crippen LogP contribution in [-0.2, 0) is 14.3 Å². The van der Waals surface area contributed by atoms with Crippen molar-refractivity contribution >= 4 is 11.9 Å². The lowest BCUT2D eigenvalue weighted by molar-refractivity contribution is -0.137. The fourth-order valence-electron chi connectivity index (χ4n) is 0.552. The monoisotopic (exact) mass is 184 g/mol. The fraction of sp³-hybridized carbons (Fsp3) is 0.333. The van der Waals surface area contributed by atoms with Gasteiger partial charge in [0.1, 0.15) is 6.61 Å². The minimum absolute atomic E-state index is 0.177. The van der Waals surface area contributed by atoms with Crippen molar-refractivity contribution in [2.24, 2.45) is 0 Å². The van der Waals surface area contributed by atoms with Gasteiger partial charge in [-0.3, -0.25) is 0 Å². The van der Waals surface area contributed by atoms with Gasteiger partial charge in [-0.25, -0.2) is 9.59 Å². The van der Waals surface area contributed by atoms with Crippen molar-refractivity contribution in [3.05, 3.63) is 24.3 Å². The van der Waals surface area contributed by atoms with Crippen LogP contribution in [0.5, 0.6) is 0 Å². The molecule has 0 atom stereocenters. The van der Waals surface area contributed by atoms with Crippen LogP contribution in [0.3, 0.4) is 0 Å². The molecule has 0 unspecified atom stereocenters. The maximum absolute atomic E-state index is 10.7. The van der Waals surface area contributed by atoms with Crippen molar-refractivity contribution in [2.45, 2.75) is 13.3 Å². The predicted octanol–water partition coefficient (Wildman–Crippen LogP) is 1.14. The zero-order chi connectivity index (χ0) is 10.1. The summed E-state index contributed by atoms with van der Waals surface area (Å²) in [5.74, 6) is -1.82. The molecule has 0 aliphatic rings. The quantitative estimate of drug-likeness (QED) is 0.395. The molecule has 0 aromatic rings. The van der Waals surface area contributed by atoms with Gasteiger partial charge < -0.3 is 9.84 Å². The van der Waals surface area contributed by atoms with Crippen LogP contribution in [0, 0.1) is 0 Å². The van der Waals surface area contributed by atoms with Crippen LogP contribution >= 0.6 is 0 Å². The van der Waals surface area contributed by atoms with Gasteiger partial charge in [-0.2, -0.15) is 0 Å². The summed E-state index contributed by atoms with van der Waals surface area (Å²) >= 11 is 0. The number of carboxylic acid groups (broad SMARTS) is 1. The maximum atomic E-state index is 10.7. The molecule has 0 aromatic carbocycles. The smallest absolute Gasteiger partial charge is 0.331 e. The Kier molecular flexibility index (Phi) is 6.23. The molecule has 72 valence electrons.